The maximum absolute atomic E-state index is 10.6. The van der Waals surface area contributed by atoms with E-state index in [1.165, 1.54) is 24.8 Å². The largest absolute Gasteiger partial charge is 0.496 e. The number of ether oxygens (including phenoxy) is 1. The summed E-state index contributed by atoms with van der Waals surface area (Å²) in [5, 5.41) is 10.6. The van der Waals surface area contributed by atoms with Gasteiger partial charge in [0, 0.05) is 5.56 Å². The van der Waals surface area contributed by atoms with Crippen molar-refractivity contribution in [3.8, 4) is 5.75 Å². The van der Waals surface area contributed by atoms with Gasteiger partial charge in [-0.25, -0.2) is 0 Å². The Morgan fingerprint density at radius 2 is 1.83 bits per heavy atom. The minimum atomic E-state index is -0.355. The van der Waals surface area contributed by atoms with E-state index in [9.17, 15) is 5.11 Å². The number of hydrogen-bond acceptors (Lipinski definition) is 2. The Kier molecular flexibility index (Phi) is 2.86. The first-order valence-corrected chi connectivity index (χ1v) is 6.94. The predicted octanol–water partition coefficient (Wildman–Crippen LogP) is 3.39. The molecule has 2 nitrogen and oxygen atoms in total. The zero-order chi connectivity index (χ0) is 12.9. The van der Waals surface area contributed by atoms with Gasteiger partial charge in [0.25, 0.3) is 0 Å². The second-order valence-electron chi connectivity index (χ2n) is 6.06. The lowest BCUT2D eigenvalue weighted by atomic mass is 9.89. The number of fused-ring (bicyclic) bond motifs is 1. The van der Waals surface area contributed by atoms with Gasteiger partial charge in [-0.1, -0.05) is 12.1 Å². The van der Waals surface area contributed by atoms with Crippen molar-refractivity contribution in [2.45, 2.75) is 39.2 Å². The molecule has 0 amide bonds. The SMILES string of the molecule is COc1c(C(O)C2CC3CC3C2)ccc(C)c1C. The van der Waals surface area contributed by atoms with Gasteiger partial charge in [0.05, 0.1) is 13.2 Å². The van der Waals surface area contributed by atoms with Crippen LogP contribution in [0.2, 0.25) is 0 Å². The van der Waals surface area contributed by atoms with Crippen LogP contribution in [0.25, 0.3) is 0 Å². The van der Waals surface area contributed by atoms with Crippen LogP contribution in [-0.4, -0.2) is 12.2 Å². The zero-order valence-corrected chi connectivity index (χ0v) is 11.4. The Morgan fingerprint density at radius 3 is 2.44 bits per heavy atom. The molecule has 2 fully saturated rings. The van der Waals surface area contributed by atoms with Gasteiger partial charge >= 0.3 is 0 Å². The van der Waals surface area contributed by atoms with Crippen LogP contribution in [0.5, 0.6) is 5.75 Å². The average molecular weight is 246 g/mol. The maximum atomic E-state index is 10.6. The van der Waals surface area contributed by atoms with E-state index in [0.717, 1.165) is 28.7 Å². The summed E-state index contributed by atoms with van der Waals surface area (Å²) in [5.74, 6) is 3.12. The molecule has 1 N–H and O–H groups in total. The number of aliphatic hydroxyl groups excluding tert-OH is 1. The van der Waals surface area contributed by atoms with E-state index in [0.29, 0.717) is 5.92 Å². The first kappa shape index (κ1) is 12.0. The van der Waals surface area contributed by atoms with E-state index >= 15 is 0 Å². The van der Waals surface area contributed by atoms with E-state index in [1.807, 2.05) is 6.07 Å². The van der Waals surface area contributed by atoms with Crippen molar-refractivity contribution in [2.24, 2.45) is 17.8 Å². The lowest BCUT2D eigenvalue weighted by molar-refractivity contribution is 0.101. The van der Waals surface area contributed by atoms with Gasteiger partial charge in [0.2, 0.25) is 0 Å². The van der Waals surface area contributed by atoms with Gasteiger partial charge in [0.1, 0.15) is 5.75 Å². The molecule has 2 aliphatic carbocycles. The highest BCUT2D eigenvalue weighted by Gasteiger charge is 2.48. The minimum absolute atomic E-state index is 0.355. The second kappa shape index (κ2) is 4.27. The third kappa shape index (κ3) is 1.83. The average Bonchev–Trinajstić information content (AvgIpc) is 2.98. The number of aryl methyl sites for hydroxylation is 1. The molecule has 2 heteroatoms. The second-order valence-corrected chi connectivity index (χ2v) is 6.06. The summed E-state index contributed by atoms with van der Waals surface area (Å²) in [6, 6.07) is 4.13. The molecule has 2 saturated carbocycles. The number of benzene rings is 1. The molecule has 3 atom stereocenters. The molecular weight excluding hydrogens is 224 g/mol. The summed E-state index contributed by atoms with van der Waals surface area (Å²) in [6.45, 7) is 4.15. The fraction of sp³-hybridized carbons (Fsp3) is 0.625. The normalized spacial score (nSPS) is 31.0. The number of methoxy groups -OCH3 is 1. The highest BCUT2D eigenvalue weighted by molar-refractivity contribution is 5.46. The summed E-state index contributed by atoms with van der Waals surface area (Å²) in [4.78, 5) is 0. The molecule has 0 aliphatic heterocycles. The van der Waals surface area contributed by atoms with Crippen molar-refractivity contribution in [3.63, 3.8) is 0 Å². The Balaban J connectivity index is 1.88. The number of rotatable bonds is 3. The van der Waals surface area contributed by atoms with Crippen molar-refractivity contribution in [1.82, 2.24) is 0 Å². The van der Waals surface area contributed by atoms with Crippen LogP contribution in [-0.2, 0) is 0 Å². The molecule has 98 valence electrons. The fourth-order valence-electron chi connectivity index (χ4n) is 3.59. The van der Waals surface area contributed by atoms with Crippen LogP contribution in [0.15, 0.2) is 12.1 Å². The zero-order valence-electron chi connectivity index (χ0n) is 11.4. The molecule has 3 rings (SSSR count). The standard InChI is InChI=1S/C16H22O2/c1-9-4-5-14(16(18-3)10(9)2)15(17)13-7-11-6-12(11)8-13/h4-5,11-13,15,17H,6-8H2,1-3H3. The van der Waals surface area contributed by atoms with Crippen molar-refractivity contribution < 1.29 is 9.84 Å². The van der Waals surface area contributed by atoms with Crippen LogP contribution in [0.4, 0.5) is 0 Å². The van der Waals surface area contributed by atoms with Crippen LogP contribution in [0.1, 0.15) is 42.1 Å². The summed E-state index contributed by atoms with van der Waals surface area (Å²) >= 11 is 0. The number of hydrogen-bond donors (Lipinski definition) is 1. The molecule has 0 aromatic heterocycles. The molecule has 0 heterocycles. The van der Waals surface area contributed by atoms with Crippen LogP contribution < -0.4 is 4.74 Å². The molecule has 0 saturated heterocycles. The van der Waals surface area contributed by atoms with E-state index in [4.69, 9.17) is 4.74 Å². The summed E-state index contributed by atoms with van der Waals surface area (Å²) in [7, 11) is 1.70. The first-order chi connectivity index (χ1) is 8.61. The monoisotopic (exact) mass is 246 g/mol. The molecule has 0 radical (unpaired) electrons. The molecule has 1 aromatic carbocycles. The molecular formula is C16H22O2. The van der Waals surface area contributed by atoms with Crippen molar-refractivity contribution in [2.75, 3.05) is 7.11 Å². The number of aliphatic hydroxyl groups is 1. The van der Waals surface area contributed by atoms with Gasteiger partial charge in [0.15, 0.2) is 0 Å². The Hall–Kier alpha value is -1.02. The summed E-state index contributed by atoms with van der Waals surface area (Å²) < 4.78 is 5.52. The van der Waals surface area contributed by atoms with Gasteiger partial charge in [-0.15, -0.1) is 0 Å². The molecule has 18 heavy (non-hydrogen) atoms. The first-order valence-electron chi connectivity index (χ1n) is 6.94. The topological polar surface area (TPSA) is 29.5 Å². The smallest absolute Gasteiger partial charge is 0.127 e. The quantitative estimate of drug-likeness (QED) is 0.885. The van der Waals surface area contributed by atoms with E-state index in [1.54, 1.807) is 7.11 Å². The Labute approximate surface area is 109 Å². The van der Waals surface area contributed by atoms with Gasteiger partial charge < -0.3 is 9.84 Å². The molecule has 2 aliphatic rings. The predicted molar refractivity (Wildman–Crippen MR) is 71.7 cm³/mol. The van der Waals surface area contributed by atoms with Crippen molar-refractivity contribution in [3.05, 3.63) is 28.8 Å². The van der Waals surface area contributed by atoms with E-state index in [2.05, 4.69) is 19.9 Å². The van der Waals surface area contributed by atoms with E-state index in [-0.39, 0.29) is 6.10 Å². The highest BCUT2D eigenvalue weighted by Crippen LogP contribution is 2.57. The summed E-state index contributed by atoms with van der Waals surface area (Å²) in [6.07, 6.45) is 3.43. The minimum Gasteiger partial charge on any atom is -0.496 e. The van der Waals surface area contributed by atoms with Gasteiger partial charge in [-0.2, -0.15) is 0 Å². The maximum Gasteiger partial charge on any atom is 0.127 e. The van der Waals surface area contributed by atoms with Crippen LogP contribution in [0.3, 0.4) is 0 Å². The fourth-order valence-corrected chi connectivity index (χ4v) is 3.59. The molecule has 3 unspecified atom stereocenters. The lowest BCUT2D eigenvalue weighted by Crippen LogP contribution is -2.13. The lowest BCUT2D eigenvalue weighted by Gasteiger charge is -2.23. The molecule has 0 bridgehead atoms. The third-order valence-electron chi connectivity index (χ3n) is 4.96. The molecule has 1 aromatic rings. The van der Waals surface area contributed by atoms with Crippen LogP contribution >= 0.6 is 0 Å². The van der Waals surface area contributed by atoms with Gasteiger partial charge in [-0.3, -0.25) is 0 Å². The van der Waals surface area contributed by atoms with Crippen LogP contribution in [0, 0.1) is 31.6 Å². The highest BCUT2D eigenvalue weighted by atomic mass is 16.5. The van der Waals surface area contributed by atoms with Crippen molar-refractivity contribution in [1.29, 1.82) is 0 Å². The van der Waals surface area contributed by atoms with Crippen molar-refractivity contribution >= 4 is 0 Å². The Bertz CT molecular complexity index is 456. The Morgan fingerprint density at radius 1 is 1.17 bits per heavy atom. The molecule has 0 spiro atoms. The van der Waals surface area contributed by atoms with E-state index < -0.39 is 0 Å². The third-order valence-corrected chi connectivity index (χ3v) is 4.96. The van der Waals surface area contributed by atoms with Gasteiger partial charge in [-0.05, 0) is 62.0 Å². The summed E-state index contributed by atoms with van der Waals surface area (Å²) in [5.41, 5.74) is 3.35.